The molecule has 2 heteroatoms. The van der Waals surface area contributed by atoms with Gasteiger partial charge in [0, 0.05) is 17.1 Å². The second kappa shape index (κ2) is 6.42. The number of rotatable bonds is 4. The number of halogens is 1. The molecule has 0 aliphatic carbocycles. The van der Waals surface area contributed by atoms with E-state index in [1.54, 1.807) is 0 Å². The lowest BCUT2D eigenvalue weighted by atomic mass is 10.1. The van der Waals surface area contributed by atoms with Gasteiger partial charge in [-0.2, -0.15) is 0 Å². The summed E-state index contributed by atoms with van der Waals surface area (Å²) >= 11 is 3.53. The zero-order chi connectivity index (χ0) is 14.7. The van der Waals surface area contributed by atoms with E-state index >= 15 is 0 Å². The molecule has 0 aromatic heterocycles. The summed E-state index contributed by atoms with van der Waals surface area (Å²) in [4.78, 5) is 0. The molecular formula is C19H18BrN. The molecule has 1 atom stereocenters. The Morgan fingerprint density at radius 3 is 2.52 bits per heavy atom. The number of hydrogen-bond acceptors (Lipinski definition) is 1. The van der Waals surface area contributed by atoms with Gasteiger partial charge in [0.15, 0.2) is 0 Å². The summed E-state index contributed by atoms with van der Waals surface area (Å²) < 4.78 is 1.12. The Labute approximate surface area is 134 Å². The standard InChI is InChI=1S/C19H18BrN/c1-14(17-7-4-8-19(20)12-17)21-13-15-9-10-16-5-2-3-6-18(16)11-15/h2-12,14,21H,13H2,1H3/t14-/m0/s1. The van der Waals surface area contributed by atoms with Crippen molar-refractivity contribution in [1.29, 1.82) is 0 Å². The Hall–Kier alpha value is -1.64. The van der Waals surface area contributed by atoms with Crippen LogP contribution in [0.5, 0.6) is 0 Å². The molecule has 21 heavy (non-hydrogen) atoms. The van der Waals surface area contributed by atoms with Crippen molar-refractivity contribution in [3.05, 3.63) is 82.3 Å². The van der Waals surface area contributed by atoms with Crippen LogP contribution in [0.4, 0.5) is 0 Å². The van der Waals surface area contributed by atoms with Crippen molar-refractivity contribution >= 4 is 26.7 Å². The van der Waals surface area contributed by atoms with Gasteiger partial charge in [-0.15, -0.1) is 0 Å². The fraction of sp³-hybridized carbons (Fsp3) is 0.158. The molecule has 0 bridgehead atoms. The lowest BCUT2D eigenvalue weighted by Gasteiger charge is -2.15. The molecule has 1 N–H and O–H groups in total. The van der Waals surface area contributed by atoms with E-state index in [1.165, 1.54) is 21.9 Å². The molecule has 106 valence electrons. The lowest BCUT2D eigenvalue weighted by molar-refractivity contribution is 0.575. The van der Waals surface area contributed by atoms with Gasteiger partial charge in [-0.1, -0.05) is 64.5 Å². The number of benzene rings is 3. The normalized spacial score (nSPS) is 12.5. The van der Waals surface area contributed by atoms with E-state index in [0.717, 1.165) is 11.0 Å². The maximum atomic E-state index is 3.59. The van der Waals surface area contributed by atoms with Gasteiger partial charge in [0.05, 0.1) is 0 Å². The van der Waals surface area contributed by atoms with E-state index in [0.29, 0.717) is 6.04 Å². The van der Waals surface area contributed by atoms with Crippen LogP contribution >= 0.6 is 15.9 Å². The zero-order valence-electron chi connectivity index (χ0n) is 12.0. The summed E-state index contributed by atoms with van der Waals surface area (Å²) in [6.07, 6.45) is 0. The maximum Gasteiger partial charge on any atom is 0.0295 e. The molecule has 0 unspecified atom stereocenters. The van der Waals surface area contributed by atoms with Crippen LogP contribution in [0.25, 0.3) is 10.8 Å². The maximum absolute atomic E-state index is 3.59. The first-order valence-corrected chi connectivity index (χ1v) is 7.98. The first kappa shape index (κ1) is 14.3. The molecule has 0 radical (unpaired) electrons. The van der Waals surface area contributed by atoms with Crippen LogP contribution < -0.4 is 5.32 Å². The largest absolute Gasteiger partial charge is 0.306 e. The summed E-state index contributed by atoms with van der Waals surface area (Å²) in [5.41, 5.74) is 2.61. The van der Waals surface area contributed by atoms with Crippen LogP contribution in [-0.4, -0.2) is 0 Å². The van der Waals surface area contributed by atoms with E-state index in [-0.39, 0.29) is 0 Å². The summed E-state index contributed by atoms with van der Waals surface area (Å²) in [6.45, 7) is 3.07. The number of hydrogen-bond donors (Lipinski definition) is 1. The molecule has 3 aromatic carbocycles. The van der Waals surface area contributed by atoms with Crippen LogP contribution in [0.3, 0.4) is 0 Å². The molecule has 0 heterocycles. The highest BCUT2D eigenvalue weighted by Gasteiger charge is 2.05. The first-order valence-electron chi connectivity index (χ1n) is 7.19. The van der Waals surface area contributed by atoms with Gasteiger partial charge in [-0.3, -0.25) is 0 Å². The third-order valence-electron chi connectivity index (χ3n) is 3.77. The summed E-state index contributed by atoms with van der Waals surface area (Å²) in [5.74, 6) is 0. The SMILES string of the molecule is C[C@H](NCc1ccc2ccccc2c1)c1cccc(Br)c1. The van der Waals surface area contributed by atoms with Gasteiger partial charge in [0.25, 0.3) is 0 Å². The van der Waals surface area contributed by atoms with Crippen LogP contribution in [0.15, 0.2) is 71.2 Å². The van der Waals surface area contributed by atoms with Crippen molar-refractivity contribution in [3.63, 3.8) is 0 Å². The van der Waals surface area contributed by atoms with Crippen LogP contribution in [0, 0.1) is 0 Å². The third kappa shape index (κ3) is 3.52. The third-order valence-corrected chi connectivity index (χ3v) is 4.27. The Balaban J connectivity index is 1.71. The quantitative estimate of drug-likeness (QED) is 0.666. The second-order valence-electron chi connectivity index (χ2n) is 5.34. The van der Waals surface area contributed by atoms with Gasteiger partial charge in [0.1, 0.15) is 0 Å². The van der Waals surface area contributed by atoms with Crippen molar-refractivity contribution in [2.45, 2.75) is 19.5 Å². The van der Waals surface area contributed by atoms with Crippen molar-refractivity contribution in [1.82, 2.24) is 5.32 Å². The van der Waals surface area contributed by atoms with E-state index in [9.17, 15) is 0 Å². The van der Waals surface area contributed by atoms with Crippen molar-refractivity contribution in [3.8, 4) is 0 Å². The highest BCUT2D eigenvalue weighted by atomic mass is 79.9. The topological polar surface area (TPSA) is 12.0 Å². The monoisotopic (exact) mass is 339 g/mol. The Morgan fingerprint density at radius 1 is 0.905 bits per heavy atom. The van der Waals surface area contributed by atoms with Crippen LogP contribution in [0.1, 0.15) is 24.1 Å². The van der Waals surface area contributed by atoms with E-state index in [4.69, 9.17) is 0 Å². The predicted octanol–water partition coefficient (Wildman–Crippen LogP) is 5.45. The van der Waals surface area contributed by atoms with Crippen molar-refractivity contribution < 1.29 is 0 Å². The molecule has 0 spiro atoms. The average Bonchev–Trinajstić information content (AvgIpc) is 2.52. The van der Waals surface area contributed by atoms with Crippen molar-refractivity contribution in [2.24, 2.45) is 0 Å². The molecule has 0 amide bonds. The minimum Gasteiger partial charge on any atom is -0.306 e. The molecule has 1 nitrogen and oxygen atoms in total. The highest BCUT2D eigenvalue weighted by molar-refractivity contribution is 9.10. The minimum atomic E-state index is 0.328. The van der Waals surface area contributed by atoms with Gasteiger partial charge < -0.3 is 5.32 Å². The molecule has 0 aliphatic rings. The van der Waals surface area contributed by atoms with Crippen molar-refractivity contribution in [2.75, 3.05) is 0 Å². The zero-order valence-corrected chi connectivity index (χ0v) is 13.6. The predicted molar refractivity (Wildman–Crippen MR) is 93.3 cm³/mol. The molecular weight excluding hydrogens is 322 g/mol. The fourth-order valence-electron chi connectivity index (χ4n) is 2.51. The molecule has 0 aliphatic heterocycles. The van der Waals surface area contributed by atoms with Gasteiger partial charge in [-0.05, 0) is 47.0 Å². The minimum absolute atomic E-state index is 0.328. The van der Waals surface area contributed by atoms with Crippen LogP contribution in [0.2, 0.25) is 0 Å². The van der Waals surface area contributed by atoms with E-state index < -0.39 is 0 Å². The summed E-state index contributed by atoms with van der Waals surface area (Å²) in [5, 5.41) is 6.18. The lowest BCUT2D eigenvalue weighted by Crippen LogP contribution is -2.18. The second-order valence-corrected chi connectivity index (χ2v) is 6.25. The molecule has 3 aromatic rings. The number of fused-ring (bicyclic) bond motifs is 1. The van der Waals surface area contributed by atoms with Gasteiger partial charge >= 0.3 is 0 Å². The summed E-state index contributed by atoms with van der Waals surface area (Å²) in [6, 6.07) is 23.9. The molecule has 0 fully saturated rings. The first-order chi connectivity index (χ1) is 10.2. The van der Waals surface area contributed by atoms with E-state index in [1.807, 2.05) is 0 Å². The van der Waals surface area contributed by atoms with E-state index in [2.05, 4.69) is 94.9 Å². The van der Waals surface area contributed by atoms with Gasteiger partial charge in [-0.25, -0.2) is 0 Å². The van der Waals surface area contributed by atoms with Crippen LogP contribution in [-0.2, 0) is 6.54 Å². The van der Waals surface area contributed by atoms with Gasteiger partial charge in [0.2, 0.25) is 0 Å². The summed E-state index contributed by atoms with van der Waals surface area (Å²) in [7, 11) is 0. The molecule has 0 saturated carbocycles. The molecule has 3 rings (SSSR count). The Kier molecular flexibility index (Phi) is 4.37. The number of nitrogens with one attached hydrogen (secondary N) is 1. The fourth-order valence-corrected chi connectivity index (χ4v) is 2.93. The average molecular weight is 340 g/mol. The Bertz CT molecular complexity index is 751. The Morgan fingerprint density at radius 2 is 1.71 bits per heavy atom. The smallest absolute Gasteiger partial charge is 0.0295 e. The highest BCUT2D eigenvalue weighted by Crippen LogP contribution is 2.19. The molecule has 0 saturated heterocycles.